The van der Waals surface area contributed by atoms with Crippen LogP contribution in [-0.4, -0.2) is 57.7 Å². The van der Waals surface area contributed by atoms with Crippen molar-refractivity contribution >= 4 is 40.3 Å². The highest BCUT2D eigenvalue weighted by molar-refractivity contribution is 6.19. The molecule has 0 spiro atoms. The molecule has 1 aromatic carbocycles. The molecular formula is C21H24ClN5O2. The highest BCUT2D eigenvalue weighted by Crippen LogP contribution is 2.28. The zero-order valence-electron chi connectivity index (χ0n) is 16.3. The molecule has 0 saturated carbocycles. The van der Waals surface area contributed by atoms with Gasteiger partial charge in [0, 0.05) is 32.4 Å². The van der Waals surface area contributed by atoms with Crippen molar-refractivity contribution < 1.29 is 9.90 Å². The Morgan fingerprint density at radius 1 is 1.34 bits per heavy atom. The summed E-state index contributed by atoms with van der Waals surface area (Å²) >= 11 is 5.72. The number of amides is 1. The fourth-order valence-corrected chi connectivity index (χ4v) is 3.81. The summed E-state index contributed by atoms with van der Waals surface area (Å²) in [7, 11) is 1.73. The van der Waals surface area contributed by atoms with Crippen LogP contribution in [0.25, 0.3) is 11.2 Å². The van der Waals surface area contributed by atoms with Gasteiger partial charge >= 0.3 is 0 Å². The van der Waals surface area contributed by atoms with E-state index in [-0.39, 0.29) is 24.3 Å². The largest absolute Gasteiger partial charge is 0.391 e. The van der Waals surface area contributed by atoms with Crippen molar-refractivity contribution in [3.63, 3.8) is 0 Å². The fourth-order valence-electron chi connectivity index (χ4n) is 3.65. The van der Waals surface area contributed by atoms with Gasteiger partial charge in [0.2, 0.25) is 11.9 Å². The minimum atomic E-state index is -0.345. The van der Waals surface area contributed by atoms with Crippen LogP contribution in [0.4, 0.5) is 11.6 Å². The third-order valence-electron chi connectivity index (χ3n) is 5.27. The topological polar surface area (TPSA) is 74.5 Å². The summed E-state index contributed by atoms with van der Waals surface area (Å²) < 4.78 is 2.11. The third kappa shape index (κ3) is 4.06. The van der Waals surface area contributed by atoms with Crippen LogP contribution in [0.1, 0.15) is 18.4 Å². The van der Waals surface area contributed by atoms with Crippen LogP contribution >= 0.6 is 11.6 Å². The first kappa shape index (κ1) is 19.7. The molecule has 1 atom stereocenters. The third-order valence-corrected chi connectivity index (χ3v) is 5.46. The SMILES string of the molecule is CN(C(=O)CCCl)c1cnc2nc(N3CC[C@H](O)C3)n(Cc3ccccc3)c2c1. The quantitative estimate of drug-likeness (QED) is 0.629. The molecule has 1 aliphatic rings. The van der Waals surface area contributed by atoms with Crippen LogP contribution in [0.15, 0.2) is 42.6 Å². The van der Waals surface area contributed by atoms with Gasteiger partial charge in [0.1, 0.15) is 0 Å². The molecule has 29 heavy (non-hydrogen) atoms. The number of carbonyl (C=O) groups is 1. The minimum absolute atomic E-state index is 0.0573. The van der Waals surface area contributed by atoms with E-state index in [1.165, 1.54) is 0 Å². The van der Waals surface area contributed by atoms with Crippen molar-refractivity contribution in [2.75, 3.05) is 35.8 Å². The molecule has 1 saturated heterocycles. The predicted molar refractivity (Wildman–Crippen MR) is 115 cm³/mol. The van der Waals surface area contributed by atoms with Gasteiger partial charge in [-0.1, -0.05) is 30.3 Å². The Morgan fingerprint density at radius 2 is 2.14 bits per heavy atom. The van der Waals surface area contributed by atoms with Crippen LogP contribution in [0.5, 0.6) is 0 Å². The number of aliphatic hydroxyl groups is 1. The van der Waals surface area contributed by atoms with Gasteiger partial charge in [0.25, 0.3) is 0 Å². The summed E-state index contributed by atoms with van der Waals surface area (Å²) in [5.41, 5.74) is 3.33. The van der Waals surface area contributed by atoms with Crippen LogP contribution in [0, 0.1) is 0 Å². The highest BCUT2D eigenvalue weighted by atomic mass is 35.5. The van der Waals surface area contributed by atoms with Gasteiger partial charge in [0.15, 0.2) is 5.65 Å². The molecule has 1 fully saturated rings. The normalized spacial score (nSPS) is 16.5. The molecule has 1 amide bonds. The Labute approximate surface area is 174 Å². The molecule has 0 unspecified atom stereocenters. The summed E-state index contributed by atoms with van der Waals surface area (Å²) in [5, 5.41) is 10.00. The highest BCUT2D eigenvalue weighted by Gasteiger charge is 2.26. The first-order chi connectivity index (χ1) is 14.1. The molecule has 0 radical (unpaired) electrons. The lowest BCUT2D eigenvalue weighted by Gasteiger charge is -2.19. The maximum Gasteiger partial charge on any atom is 0.227 e. The number of benzene rings is 1. The van der Waals surface area contributed by atoms with E-state index in [4.69, 9.17) is 16.6 Å². The van der Waals surface area contributed by atoms with Gasteiger partial charge in [-0.05, 0) is 18.1 Å². The first-order valence-electron chi connectivity index (χ1n) is 9.72. The van der Waals surface area contributed by atoms with E-state index in [9.17, 15) is 9.90 Å². The molecule has 4 rings (SSSR count). The van der Waals surface area contributed by atoms with Gasteiger partial charge < -0.3 is 19.5 Å². The zero-order valence-corrected chi connectivity index (χ0v) is 17.1. The fraction of sp³-hybridized carbons (Fsp3) is 0.381. The summed E-state index contributed by atoms with van der Waals surface area (Å²) in [6.07, 6.45) is 2.32. The van der Waals surface area contributed by atoms with Crippen LogP contribution in [0.3, 0.4) is 0 Å². The smallest absolute Gasteiger partial charge is 0.227 e. The molecular weight excluding hydrogens is 390 g/mol. The molecule has 0 bridgehead atoms. The summed E-state index contributed by atoms with van der Waals surface area (Å²) in [4.78, 5) is 25.2. The summed E-state index contributed by atoms with van der Waals surface area (Å²) in [6.45, 7) is 1.93. The second-order valence-electron chi connectivity index (χ2n) is 7.30. The van der Waals surface area contributed by atoms with E-state index in [2.05, 4.69) is 26.6 Å². The van der Waals surface area contributed by atoms with Crippen molar-refractivity contribution in [1.29, 1.82) is 0 Å². The van der Waals surface area contributed by atoms with Gasteiger partial charge in [-0.2, -0.15) is 4.98 Å². The van der Waals surface area contributed by atoms with E-state index in [0.29, 0.717) is 24.4 Å². The molecule has 152 valence electrons. The Morgan fingerprint density at radius 3 is 2.83 bits per heavy atom. The molecule has 2 aromatic heterocycles. The van der Waals surface area contributed by atoms with E-state index < -0.39 is 0 Å². The molecule has 1 aliphatic heterocycles. The van der Waals surface area contributed by atoms with E-state index in [1.54, 1.807) is 18.1 Å². The Balaban J connectivity index is 1.77. The van der Waals surface area contributed by atoms with Gasteiger partial charge in [-0.25, -0.2) is 4.98 Å². The standard InChI is InChI=1S/C21H24ClN5O2/c1-25(19(29)7-9-22)16-11-18-20(23-12-16)24-21(26-10-8-17(28)14-26)27(18)13-15-5-3-2-4-6-15/h2-6,11-12,17,28H,7-10,13-14H2,1H3/t17-/m0/s1. The number of alkyl halides is 1. The maximum atomic E-state index is 12.3. The number of rotatable bonds is 6. The number of aliphatic hydroxyl groups excluding tert-OH is 1. The molecule has 3 heterocycles. The number of hydrogen-bond acceptors (Lipinski definition) is 5. The predicted octanol–water partition coefficient (Wildman–Crippen LogP) is 2.64. The number of imidazole rings is 1. The molecule has 3 aromatic rings. The number of carbonyl (C=O) groups excluding carboxylic acids is 1. The van der Waals surface area contributed by atoms with Gasteiger partial charge in [0.05, 0.1) is 30.0 Å². The molecule has 0 aliphatic carbocycles. The number of fused-ring (bicyclic) bond motifs is 1. The lowest BCUT2D eigenvalue weighted by atomic mass is 10.2. The number of aromatic nitrogens is 3. The number of nitrogens with zero attached hydrogens (tertiary/aromatic N) is 5. The number of halogens is 1. The van der Waals surface area contributed by atoms with Crippen LogP contribution in [-0.2, 0) is 11.3 Å². The summed E-state index contributed by atoms with van der Waals surface area (Å²) in [6, 6.07) is 12.1. The van der Waals surface area contributed by atoms with Gasteiger partial charge in [-0.15, -0.1) is 11.6 Å². The Hall–Kier alpha value is -2.64. The van der Waals surface area contributed by atoms with E-state index in [1.807, 2.05) is 24.3 Å². The van der Waals surface area contributed by atoms with Crippen LogP contribution < -0.4 is 9.80 Å². The van der Waals surface area contributed by atoms with Crippen LogP contribution in [0.2, 0.25) is 0 Å². The average molecular weight is 414 g/mol. The van der Waals surface area contributed by atoms with Crippen molar-refractivity contribution in [1.82, 2.24) is 14.5 Å². The van der Waals surface area contributed by atoms with Crippen molar-refractivity contribution in [3.8, 4) is 0 Å². The van der Waals surface area contributed by atoms with Gasteiger partial charge in [-0.3, -0.25) is 4.79 Å². The van der Waals surface area contributed by atoms with E-state index >= 15 is 0 Å². The molecule has 7 nitrogen and oxygen atoms in total. The number of anilines is 2. The lowest BCUT2D eigenvalue weighted by Crippen LogP contribution is -2.26. The monoisotopic (exact) mass is 413 g/mol. The number of hydrogen-bond donors (Lipinski definition) is 1. The zero-order chi connectivity index (χ0) is 20.4. The number of pyridine rings is 1. The minimum Gasteiger partial charge on any atom is -0.391 e. The molecule has 1 N–H and O–H groups in total. The molecule has 8 heteroatoms. The second-order valence-corrected chi connectivity index (χ2v) is 7.68. The first-order valence-corrected chi connectivity index (χ1v) is 10.3. The lowest BCUT2D eigenvalue weighted by molar-refractivity contribution is -0.117. The maximum absolute atomic E-state index is 12.3. The average Bonchev–Trinajstić information content (AvgIpc) is 3.31. The summed E-state index contributed by atoms with van der Waals surface area (Å²) in [5.74, 6) is 1.02. The second kappa shape index (κ2) is 8.39. The number of β-amino-alcohol motifs (C(OH)–C–C–N with tert-alkyl or cyclic N) is 1. The Kier molecular flexibility index (Phi) is 5.69. The van der Waals surface area contributed by atoms with Crippen molar-refractivity contribution in [2.24, 2.45) is 0 Å². The van der Waals surface area contributed by atoms with Crippen molar-refractivity contribution in [2.45, 2.75) is 25.5 Å². The van der Waals surface area contributed by atoms with Crippen molar-refractivity contribution in [3.05, 3.63) is 48.2 Å². The van der Waals surface area contributed by atoms with E-state index in [0.717, 1.165) is 30.0 Å². The Bertz CT molecular complexity index is 1010.